The van der Waals surface area contributed by atoms with E-state index in [2.05, 4.69) is 15.8 Å². The molecule has 0 radical (unpaired) electrons. The Morgan fingerprint density at radius 2 is 2.41 bits per heavy atom. The average molecular weight is 271 g/mol. The van der Waals surface area contributed by atoms with Crippen molar-refractivity contribution in [3.8, 4) is 0 Å². The number of thiophene rings is 1. The van der Waals surface area contributed by atoms with E-state index in [4.69, 9.17) is 17.0 Å². The van der Waals surface area contributed by atoms with Gasteiger partial charge in [0.25, 0.3) is 0 Å². The van der Waals surface area contributed by atoms with Crippen LogP contribution < -0.4 is 10.7 Å². The van der Waals surface area contributed by atoms with Gasteiger partial charge in [-0.15, -0.1) is 11.3 Å². The smallest absolute Gasteiger partial charge is 0.187 e. The predicted molar refractivity (Wildman–Crippen MR) is 76.7 cm³/mol. The molecule has 0 aliphatic rings. The van der Waals surface area contributed by atoms with Crippen LogP contribution in [0, 0.1) is 0 Å². The van der Waals surface area contributed by atoms with Gasteiger partial charge in [-0.3, -0.25) is 5.43 Å². The molecule has 94 valence electrons. The largest absolute Gasteiger partial charge is 0.383 e. The highest BCUT2D eigenvalue weighted by Gasteiger charge is 2.03. The van der Waals surface area contributed by atoms with E-state index < -0.39 is 0 Å². The summed E-state index contributed by atoms with van der Waals surface area (Å²) in [4.78, 5) is 1.13. The molecule has 6 heteroatoms. The van der Waals surface area contributed by atoms with Crippen molar-refractivity contribution in [3.05, 3.63) is 22.4 Å². The number of methoxy groups -OCH3 is 1. The van der Waals surface area contributed by atoms with E-state index in [1.807, 2.05) is 31.4 Å². The molecule has 0 unspecified atom stereocenters. The summed E-state index contributed by atoms with van der Waals surface area (Å²) in [6.45, 7) is 4.54. The topological polar surface area (TPSA) is 45.6 Å². The van der Waals surface area contributed by atoms with Crippen LogP contribution in [0.15, 0.2) is 22.6 Å². The van der Waals surface area contributed by atoms with E-state index in [0.717, 1.165) is 10.6 Å². The lowest BCUT2D eigenvalue weighted by atomic mass is 10.3. The fourth-order valence-corrected chi connectivity index (χ4v) is 2.15. The molecule has 0 aliphatic heterocycles. The first-order valence-electron chi connectivity index (χ1n) is 5.27. The second-order valence-corrected chi connectivity index (χ2v) is 4.97. The molecule has 0 fully saturated rings. The monoisotopic (exact) mass is 271 g/mol. The molecule has 0 aliphatic carbocycles. The number of thiocarbonyl (C=S) groups is 1. The fourth-order valence-electron chi connectivity index (χ4n) is 1.22. The average Bonchev–Trinajstić information content (AvgIpc) is 2.79. The Bertz CT molecular complexity index is 376. The lowest BCUT2D eigenvalue weighted by Crippen LogP contribution is -2.40. The SMILES string of the molecule is COC[C@H](C)NC(=S)N/N=C(/C)c1cccs1. The molecule has 17 heavy (non-hydrogen) atoms. The minimum atomic E-state index is 0.164. The van der Waals surface area contributed by atoms with Gasteiger partial charge in [0.1, 0.15) is 0 Å². The summed E-state index contributed by atoms with van der Waals surface area (Å²) in [6.07, 6.45) is 0. The molecule has 1 atom stereocenters. The predicted octanol–water partition coefficient (Wildman–Crippen LogP) is 1.97. The zero-order valence-electron chi connectivity index (χ0n) is 10.2. The van der Waals surface area contributed by atoms with Crippen LogP contribution in [0.3, 0.4) is 0 Å². The third-order valence-corrected chi connectivity index (χ3v) is 3.18. The van der Waals surface area contributed by atoms with Crippen molar-refractivity contribution < 1.29 is 4.74 Å². The van der Waals surface area contributed by atoms with Crippen LogP contribution in [0.2, 0.25) is 0 Å². The quantitative estimate of drug-likeness (QED) is 0.488. The summed E-state index contributed by atoms with van der Waals surface area (Å²) >= 11 is 6.76. The van der Waals surface area contributed by atoms with E-state index in [1.54, 1.807) is 18.4 Å². The third-order valence-electron chi connectivity index (χ3n) is 2.00. The van der Waals surface area contributed by atoms with E-state index in [9.17, 15) is 0 Å². The van der Waals surface area contributed by atoms with E-state index in [1.165, 1.54) is 0 Å². The van der Waals surface area contributed by atoms with Crippen LogP contribution >= 0.6 is 23.6 Å². The molecule has 0 bridgehead atoms. The molecule has 4 nitrogen and oxygen atoms in total. The molecule has 1 rings (SSSR count). The molecule has 0 saturated carbocycles. The van der Waals surface area contributed by atoms with Crippen molar-refractivity contribution >= 4 is 34.4 Å². The van der Waals surface area contributed by atoms with Gasteiger partial charge in [-0.25, -0.2) is 0 Å². The van der Waals surface area contributed by atoms with Gasteiger partial charge in [-0.2, -0.15) is 5.10 Å². The molecular formula is C11H17N3OS2. The summed E-state index contributed by atoms with van der Waals surface area (Å²) in [5.74, 6) is 0. The van der Waals surface area contributed by atoms with Gasteiger partial charge in [0.15, 0.2) is 5.11 Å². The van der Waals surface area contributed by atoms with Crippen LogP contribution in [0.25, 0.3) is 0 Å². The first kappa shape index (κ1) is 14.1. The first-order chi connectivity index (χ1) is 8.13. The zero-order chi connectivity index (χ0) is 12.7. The van der Waals surface area contributed by atoms with Crippen LogP contribution in [-0.2, 0) is 4.74 Å². The number of nitrogens with one attached hydrogen (secondary N) is 2. The van der Waals surface area contributed by atoms with Gasteiger partial charge in [-0.1, -0.05) is 6.07 Å². The number of rotatable bonds is 5. The molecule has 1 aromatic rings. The van der Waals surface area contributed by atoms with Crippen LogP contribution in [0.1, 0.15) is 18.7 Å². The molecule has 0 aromatic carbocycles. The van der Waals surface area contributed by atoms with Crippen molar-refractivity contribution in [1.29, 1.82) is 0 Å². The Morgan fingerprint density at radius 3 is 3.00 bits per heavy atom. The highest BCUT2D eigenvalue weighted by atomic mass is 32.1. The fraction of sp³-hybridized carbons (Fsp3) is 0.455. The standard InChI is InChI=1S/C11H17N3OS2/c1-8(7-15-3)12-11(16)14-13-9(2)10-5-4-6-17-10/h4-6,8H,7H2,1-3H3,(H2,12,14,16)/b13-9-/t8-/m0/s1. The number of ether oxygens (including phenoxy) is 1. The summed E-state index contributed by atoms with van der Waals surface area (Å²) in [6, 6.07) is 4.18. The van der Waals surface area contributed by atoms with Gasteiger partial charge in [0.2, 0.25) is 0 Å². The second kappa shape index (κ2) is 7.37. The van der Waals surface area contributed by atoms with Gasteiger partial charge in [0.05, 0.1) is 12.3 Å². The molecule has 2 N–H and O–H groups in total. The minimum absolute atomic E-state index is 0.164. The normalized spacial score (nSPS) is 13.2. The molecule has 1 aromatic heterocycles. The summed E-state index contributed by atoms with van der Waals surface area (Å²) in [7, 11) is 1.66. The maximum atomic E-state index is 5.11. The molecule has 1 heterocycles. The first-order valence-corrected chi connectivity index (χ1v) is 6.56. The van der Waals surface area contributed by atoms with Crippen molar-refractivity contribution in [2.75, 3.05) is 13.7 Å². The van der Waals surface area contributed by atoms with E-state index >= 15 is 0 Å². The molecule has 0 amide bonds. The van der Waals surface area contributed by atoms with Crippen molar-refractivity contribution in [3.63, 3.8) is 0 Å². The van der Waals surface area contributed by atoms with Gasteiger partial charge < -0.3 is 10.1 Å². The van der Waals surface area contributed by atoms with Crippen molar-refractivity contribution in [2.45, 2.75) is 19.9 Å². The Labute approximate surface area is 111 Å². The maximum Gasteiger partial charge on any atom is 0.187 e. The lowest BCUT2D eigenvalue weighted by Gasteiger charge is -2.14. The summed E-state index contributed by atoms with van der Waals surface area (Å²) < 4.78 is 5.00. The van der Waals surface area contributed by atoms with Gasteiger partial charge in [-0.05, 0) is 37.5 Å². The molecular weight excluding hydrogens is 254 g/mol. The Kier molecular flexibility index (Phi) is 6.10. The Morgan fingerprint density at radius 1 is 1.65 bits per heavy atom. The summed E-state index contributed by atoms with van der Waals surface area (Å²) in [5, 5.41) is 9.81. The Balaban J connectivity index is 2.39. The number of nitrogens with zero attached hydrogens (tertiary/aromatic N) is 1. The molecule has 0 spiro atoms. The minimum Gasteiger partial charge on any atom is -0.383 e. The van der Waals surface area contributed by atoms with Crippen molar-refractivity contribution in [1.82, 2.24) is 10.7 Å². The zero-order valence-corrected chi connectivity index (χ0v) is 11.8. The number of hydrazone groups is 1. The van der Waals surface area contributed by atoms with Crippen LogP contribution in [0.4, 0.5) is 0 Å². The van der Waals surface area contributed by atoms with Crippen LogP contribution in [0.5, 0.6) is 0 Å². The van der Waals surface area contributed by atoms with E-state index in [0.29, 0.717) is 11.7 Å². The number of hydrogen-bond acceptors (Lipinski definition) is 4. The highest BCUT2D eigenvalue weighted by molar-refractivity contribution is 7.80. The molecule has 0 saturated heterocycles. The van der Waals surface area contributed by atoms with Gasteiger partial charge in [0, 0.05) is 18.0 Å². The summed E-state index contributed by atoms with van der Waals surface area (Å²) in [5.41, 5.74) is 3.74. The third kappa shape index (κ3) is 5.25. The van der Waals surface area contributed by atoms with Crippen molar-refractivity contribution in [2.24, 2.45) is 5.10 Å². The second-order valence-electron chi connectivity index (χ2n) is 3.62. The maximum absolute atomic E-state index is 5.11. The number of hydrogen-bond donors (Lipinski definition) is 2. The lowest BCUT2D eigenvalue weighted by molar-refractivity contribution is 0.179. The Hall–Kier alpha value is -0.980. The van der Waals surface area contributed by atoms with Gasteiger partial charge >= 0.3 is 0 Å². The van der Waals surface area contributed by atoms with E-state index in [-0.39, 0.29) is 6.04 Å². The van der Waals surface area contributed by atoms with Crippen LogP contribution in [-0.4, -0.2) is 30.6 Å². The highest BCUT2D eigenvalue weighted by Crippen LogP contribution is 2.09.